The first-order valence-electron chi connectivity index (χ1n) is 3.48. The second-order valence-electron chi connectivity index (χ2n) is 3.54. The fourth-order valence-corrected chi connectivity index (χ4v) is 1.49. The number of rotatable bonds is 4. The van der Waals surface area contributed by atoms with Crippen molar-refractivity contribution in [2.45, 2.75) is 0 Å². The molecule has 0 saturated carbocycles. The van der Waals surface area contributed by atoms with Gasteiger partial charge in [0.1, 0.15) is 5.75 Å². The van der Waals surface area contributed by atoms with Crippen LogP contribution in [0.5, 0.6) is 0 Å². The summed E-state index contributed by atoms with van der Waals surface area (Å²) in [4.78, 5) is 0. The zero-order valence-electron chi connectivity index (χ0n) is 7.59. The van der Waals surface area contributed by atoms with Crippen molar-refractivity contribution >= 4 is 10.0 Å². The molecule has 0 amide bonds. The zero-order chi connectivity index (χ0) is 9.12. The Hall–Kier alpha value is -0.130. The molecule has 4 nitrogen and oxygen atoms in total. The van der Waals surface area contributed by atoms with Crippen molar-refractivity contribution in [2.24, 2.45) is 0 Å². The van der Waals surface area contributed by atoms with E-state index in [9.17, 15) is 8.42 Å². The minimum Gasteiger partial charge on any atom is -0.330 e. The fraction of sp³-hybridized carbons (Fsp3) is 1.00. The van der Waals surface area contributed by atoms with E-state index in [4.69, 9.17) is 0 Å². The number of hydrogen-bond acceptors (Lipinski definition) is 2. The van der Waals surface area contributed by atoms with E-state index in [2.05, 4.69) is 4.72 Å². The summed E-state index contributed by atoms with van der Waals surface area (Å²) in [5.74, 6) is 0.188. The summed E-state index contributed by atoms with van der Waals surface area (Å²) in [5, 5.41) is 0. The SMILES string of the molecule is CNS(=O)(=O)CC[N+](C)(C)C. The van der Waals surface area contributed by atoms with Crippen molar-refractivity contribution < 1.29 is 12.9 Å². The molecule has 0 aliphatic rings. The van der Waals surface area contributed by atoms with Crippen molar-refractivity contribution in [3.8, 4) is 0 Å². The van der Waals surface area contributed by atoms with Crippen LogP contribution in [0.1, 0.15) is 0 Å². The molecule has 0 aliphatic carbocycles. The summed E-state index contributed by atoms with van der Waals surface area (Å²) in [5.41, 5.74) is 0. The monoisotopic (exact) mass is 181 g/mol. The van der Waals surface area contributed by atoms with E-state index in [1.165, 1.54) is 7.05 Å². The van der Waals surface area contributed by atoms with Crippen LogP contribution in [-0.4, -0.2) is 53.4 Å². The van der Waals surface area contributed by atoms with Crippen LogP contribution in [0.2, 0.25) is 0 Å². The van der Waals surface area contributed by atoms with Crippen molar-refractivity contribution in [1.82, 2.24) is 4.72 Å². The Labute approximate surface area is 68.8 Å². The van der Waals surface area contributed by atoms with Gasteiger partial charge in [-0.1, -0.05) is 0 Å². The maximum Gasteiger partial charge on any atom is 0.216 e. The van der Waals surface area contributed by atoms with Gasteiger partial charge in [0.25, 0.3) is 0 Å². The van der Waals surface area contributed by atoms with Gasteiger partial charge in [-0.15, -0.1) is 0 Å². The third-order valence-corrected chi connectivity index (χ3v) is 2.68. The molecule has 0 spiro atoms. The first-order chi connectivity index (χ1) is 4.77. The van der Waals surface area contributed by atoms with Gasteiger partial charge in [-0.2, -0.15) is 0 Å². The third kappa shape index (κ3) is 6.28. The summed E-state index contributed by atoms with van der Waals surface area (Å²) >= 11 is 0. The molecule has 0 bridgehead atoms. The van der Waals surface area contributed by atoms with Gasteiger partial charge < -0.3 is 4.48 Å². The van der Waals surface area contributed by atoms with E-state index in [0.29, 0.717) is 11.0 Å². The smallest absolute Gasteiger partial charge is 0.216 e. The van der Waals surface area contributed by atoms with E-state index < -0.39 is 10.0 Å². The van der Waals surface area contributed by atoms with E-state index in [1.54, 1.807) is 0 Å². The molecular weight excluding hydrogens is 164 g/mol. The topological polar surface area (TPSA) is 46.2 Å². The van der Waals surface area contributed by atoms with Crippen molar-refractivity contribution in [1.29, 1.82) is 0 Å². The van der Waals surface area contributed by atoms with E-state index in [1.807, 2.05) is 21.1 Å². The fourth-order valence-electron chi connectivity index (χ4n) is 0.496. The summed E-state index contributed by atoms with van der Waals surface area (Å²) in [6.07, 6.45) is 0. The van der Waals surface area contributed by atoms with E-state index in [-0.39, 0.29) is 5.75 Å². The molecule has 0 unspecified atom stereocenters. The lowest BCUT2D eigenvalue weighted by atomic mass is 10.6. The van der Waals surface area contributed by atoms with Gasteiger partial charge >= 0.3 is 0 Å². The minimum atomic E-state index is -3.02. The lowest BCUT2D eigenvalue weighted by Crippen LogP contribution is -2.40. The van der Waals surface area contributed by atoms with Gasteiger partial charge in [0, 0.05) is 0 Å². The van der Waals surface area contributed by atoms with Crippen LogP contribution < -0.4 is 4.72 Å². The maximum atomic E-state index is 10.9. The molecule has 0 atom stereocenters. The Morgan fingerprint density at radius 2 is 1.73 bits per heavy atom. The Morgan fingerprint density at radius 1 is 1.27 bits per heavy atom. The quantitative estimate of drug-likeness (QED) is 0.580. The number of hydrogen-bond donors (Lipinski definition) is 1. The second kappa shape index (κ2) is 3.51. The van der Waals surface area contributed by atoms with Gasteiger partial charge in [-0.05, 0) is 7.05 Å². The van der Waals surface area contributed by atoms with Crippen molar-refractivity contribution in [2.75, 3.05) is 40.5 Å². The van der Waals surface area contributed by atoms with Crippen LogP contribution in [0, 0.1) is 0 Å². The molecule has 0 radical (unpaired) electrons. The molecule has 5 heteroatoms. The Kier molecular flexibility index (Phi) is 3.47. The highest BCUT2D eigenvalue weighted by Gasteiger charge is 2.13. The van der Waals surface area contributed by atoms with Gasteiger partial charge in [0.2, 0.25) is 10.0 Å². The second-order valence-corrected chi connectivity index (χ2v) is 5.58. The molecule has 0 aromatic carbocycles. The number of nitrogens with zero attached hydrogens (tertiary/aromatic N) is 1. The Morgan fingerprint density at radius 3 is 2.00 bits per heavy atom. The molecule has 0 saturated heterocycles. The van der Waals surface area contributed by atoms with Crippen LogP contribution >= 0.6 is 0 Å². The molecule has 11 heavy (non-hydrogen) atoms. The van der Waals surface area contributed by atoms with E-state index >= 15 is 0 Å². The van der Waals surface area contributed by atoms with Gasteiger partial charge in [0.05, 0.1) is 27.7 Å². The summed E-state index contributed by atoms with van der Waals surface area (Å²) in [6.45, 7) is 0.628. The molecule has 0 rings (SSSR count). The summed E-state index contributed by atoms with van der Waals surface area (Å²) in [7, 11) is 4.31. The summed E-state index contributed by atoms with van der Waals surface area (Å²) in [6, 6.07) is 0. The number of quaternary nitrogens is 1. The van der Waals surface area contributed by atoms with Crippen LogP contribution in [0.25, 0.3) is 0 Å². The lowest BCUT2D eigenvalue weighted by molar-refractivity contribution is -0.867. The van der Waals surface area contributed by atoms with Crippen molar-refractivity contribution in [3.63, 3.8) is 0 Å². The highest BCUT2D eigenvalue weighted by Crippen LogP contribution is 1.91. The van der Waals surface area contributed by atoms with E-state index in [0.717, 1.165) is 0 Å². The Bertz CT molecular complexity index is 203. The molecule has 1 N–H and O–H groups in total. The minimum absolute atomic E-state index is 0.188. The standard InChI is InChI=1S/C6H17N2O2S/c1-7-11(9,10)6-5-8(2,3)4/h7H,5-6H2,1-4H3/q+1. The largest absolute Gasteiger partial charge is 0.330 e. The zero-order valence-corrected chi connectivity index (χ0v) is 8.40. The van der Waals surface area contributed by atoms with Crippen LogP contribution in [0.4, 0.5) is 0 Å². The number of sulfonamides is 1. The molecule has 0 aromatic rings. The van der Waals surface area contributed by atoms with Crippen molar-refractivity contribution in [3.05, 3.63) is 0 Å². The van der Waals surface area contributed by atoms with Crippen LogP contribution in [0.3, 0.4) is 0 Å². The molecule has 0 aliphatic heterocycles. The normalized spacial score (nSPS) is 13.5. The highest BCUT2D eigenvalue weighted by molar-refractivity contribution is 7.89. The molecule has 68 valence electrons. The predicted molar refractivity (Wildman–Crippen MR) is 45.7 cm³/mol. The maximum absolute atomic E-state index is 10.9. The molecule has 0 heterocycles. The molecule has 0 fully saturated rings. The van der Waals surface area contributed by atoms with Gasteiger partial charge in [-0.25, -0.2) is 13.1 Å². The van der Waals surface area contributed by atoms with Crippen LogP contribution in [-0.2, 0) is 10.0 Å². The average molecular weight is 181 g/mol. The average Bonchev–Trinajstić information content (AvgIpc) is 1.83. The molecule has 0 aromatic heterocycles. The summed E-state index contributed by atoms with van der Waals surface area (Å²) < 4.78 is 24.8. The highest BCUT2D eigenvalue weighted by atomic mass is 32.2. The third-order valence-electron chi connectivity index (χ3n) is 1.34. The van der Waals surface area contributed by atoms with Gasteiger partial charge in [0.15, 0.2) is 0 Å². The first-order valence-corrected chi connectivity index (χ1v) is 5.14. The predicted octanol–water partition coefficient (Wildman–Crippen LogP) is -0.758. The number of nitrogens with one attached hydrogen (secondary N) is 1. The molecular formula is C6H17N2O2S+. The Balaban J connectivity index is 3.91. The van der Waals surface area contributed by atoms with Crippen LogP contribution in [0.15, 0.2) is 0 Å². The first kappa shape index (κ1) is 10.9. The lowest BCUT2D eigenvalue weighted by Gasteiger charge is -2.23. The van der Waals surface area contributed by atoms with Gasteiger partial charge in [-0.3, -0.25) is 0 Å².